The Bertz CT molecular complexity index is 791. The third kappa shape index (κ3) is 3.96. The van der Waals surface area contributed by atoms with Crippen molar-refractivity contribution in [1.29, 1.82) is 0 Å². The van der Waals surface area contributed by atoms with E-state index in [2.05, 4.69) is 15.5 Å². The van der Waals surface area contributed by atoms with Crippen LogP contribution in [0.4, 0.5) is 15.6 Å². The average Bonchev–Trinajstić information content (AvgIpc) is 3.23. The van der Waals surface area contributed by atoms with Crippen LogP contribution < -0.4 is 10.2 Å². The summed E-state index contributed by atoms with van der Waals surface area (Å²) in [6, 6.07) is 7.01. The first-order valence-electron chi connectivity index (χ1n) is 8.47. The minimum absolute atomic E-state index is 0.0326. The van der Waals surface area contributed by atoms with Gasteiger partial charge >= 0.3 is 6.03 Å². The molecule has 3 rings (SSSR count). The maximum Gasteiger partial charge on any atom is 0.323 e. The van der Waals surface area contributed by atoms with Gasteiger partial charge in [0.05, 0.1) is 0 Å². The average molecular weight is 394 g/mol. The molecule has 26 heavy (non-hydrogen) atoms. The first-order valence-corrected chi connectivity index (χ1v) is 9.66. The third-order valence-corrected chi connectivity index (χ3v) is 5.57. The van der Waals surface area contributed by atoms with E-state index in [9.17, 15) is 9.59 Å². The summed E-state index contributed by atoms with van der Waals surface area (Å²) in [4.78, 5) is 27.9. The molecule has 138 valence electrons. The van der Waals surface area contributed by atoms with E-state index < -0.39 is 0 Å². The molecule has 1 unspecified atom stereocenters. The number of hydrogen-bond donors (Lipinski definition) is 1. The normalized spacial score (nSPS) is 16.8. The number of amides is 3. The number of nitrogens with zero attached hydrogens (tertiary/aromatic N) is 4. The smallest absolute Gasteiger partial charge is 0.323 e. The second-order valence-electron chi connectivity index (χ2n) is 5.93. The largest absolute Gasteiger partial charge is 0.325 e. The number of rotatable bonds is 5. The first kappa shape index (κ1) is 18.6. The zero-order valence-corrected chi connectivity index (χ0v) is 16.2. The van der Waals surface area contributed by atoms with Crippen LogP contribution in [-0.4, -0.2) is 46.7 Å². The van der Waals surface area contributed by atoms with Gasteiger partial charge in [0, 0.05) is 42.7 Å². The summed E-state index contributed by atoms with van der Waals surface area (Å²) in [6.07, 6.45) is 0.376. The molecule has 2 aromatic rings. The SMILES string of the molecule is CCN(CC)C(=O)Nc1nnc(C2CC(=O)N(c3ccc(Cl)cc3)C2)s1. The monoisotopic (exact) mass is 393 g/mol. The van der Waals surface area contributed by atoms with Gasteiger partial charge in [0.15, 0.2) is 0 Å². The molecule has 1 aliphatic rings. The van der Waals surface area contributed by atoms with Crippen LogP contribution in [0, 0.1) is 0 Å². The molecule has 9 heteroatoms. The zero-order valence-electron chi connectivity index (χ0n) is 14.6. The number of anilines is 2. The van der Waals surface area contributed by atoms with Gasteiger partial charge in [-0.3, -0.25) is 10.1 Å². The molecular weight excluding hydrogens is 374 g/mol. The fraction of sp³-hybridized carbons (Fsp3) is 0.412. The number of aromatic nitrogens is 2. The Morgan fingerprint density at radius 2 is 2.00 bits per heavy atom. The molecule has 1 aromatic carbocycles. The van der Waals surface area contributed by atoms with E-state index in [1.165, 1.54) is 11.3 Å². The van der Waals surface area contributed by atoms with Crippen LogP contribution in [0.25, 0.3) is 0 Å². The second-order valence-corrected chi connectivity index (χ2v) is 7.38. The number of benzene rings is 1. The fourth-order valence-corrected chi connectivity index (χ4v) is 3.83. The van der Waals surface area contributed by atoms with Gasteiger partial charge in [-0.15, -0.1) is 10.2 Å². The van der Waals surface area contributed by atoms with Crippen molar-refractivity contribution in [3.63, 3.8) is 0 Å². The lowest BCUT2D eigenvalue weighted by Crippen LogP contribution is -2.34. The maximum absolute atomic E-state index is 12.4. The Hall–Kier alpha value is -2.19. The molecule has 0 aliphatic carbocycles. The van der Waals surface area contributed by atoms with Gasteiger partial charge in [0.2, 0.25) is 11.0 Å². The highest BCUT2D eigenvalue weighted by Gasteiger charge is 2.34. The van der Waals surface area contributed by atoms with E-state index in [0.717, 1.165) is 10.7 Å². The molecule has 0 bridgehead atoms. The first-order chi connectivity index (χ1) is 12.5. The Morgan fingerprint density at radius 1 is 1.31 bits per heavy atom. The minimum atomic E-state index is -0.192. The quantitative estimate of drug-likeness (QED) is 0.841. The fourth-order valence-electron chi connectivity index (χ4n) is 2.87. The van der Waals surface area contributed by atoms with Gasteiger partial charge in [-0.05, 0) is 38.1 Å². The van der Waals surface area contributed by atoms with Gasteiger partial charge in [-0.1, -0.05) is 22.9 Å². The van der Waals surface area contributed by atoms with E-state index in [1.54, 1.807) is 21.9 Å². The van der Waals surface area contributed by atoms with Crippen molar-refractivity contribution in [3.05, 3.63) is 34.3 Å². The molecule has 7 nitrogen and oxygen atoms in total. The van der Waals surface area contributed by atoms with Crippen molar-refractivity contribution in [2.75, 3.05) is 29.9 Å². The number of nitrogens with one attached hydrogen (secondary N) is 1. The van der Waals surface area contributed by atoms with Crippen LogP contribution >= 0.6 is 22.9 Å². The van der Waals surface area contributed by atoms with E-state index in [0.29, 0.717) is 36.2 Å². The molecule has 1 aliphatic heterocycles. The van der Waals surface area contributed by atoms with Crippen LogP contribution in [-0.2, 0) is 4.79 Å². The van der Waals surface area contributed by atoms with Crippen molar-refractivity contribution in [2.24, 2.45) is 0 Å². The van der Waals surface area contributed by atoms with E-state index in [4.69, 9.17) is 11.6 Å². The van der Waals surface area contributed by atoms with Crippen LogP contribution in [0.5, 0.6) is 0 Å². The van der Waals surface area contributed by atoms with Gasteiger partial charge in [0.1, 0.15) is 5.01 Å². The molecule has 0 saturated carbocycles. The standard InChI is InChI=1S/C17H20ClN5O2S/c1-3-22(4-2)17(25)19-16-21-20-15(26-16)11-9-14(24)23(10-11)13-7-5-12(18)6-8-13/h5-8,11H,3-4,9-10H2,1-2H3,(H,19,21,25). The summed E-state index contributed by atoms with van der Waals surface area (Å²) < 4.78 is 0. The summed E-state index contributed by atoms with van der Waals surface area (Å²) in [5.74, 6) is 0.0102. The highest BCUT2D eigenvalue weighted by molar-refractivity contribution is 7.15. The molecule has 1 aromatic heterocycles. The lowest BCUT2D eigenvalue weighted by molar-refractivity contribution is -0.117. The number of carbonyl (C=O) groups is 2. The second kappa shape index (κ2) is 8.01. The number of halogens is 1. The number of urea groups is 1. The number of carbonyl (C=O) groups excluding carboxylic acids is 2. The molecule has 1 saturated heterocycles. The molecule has 1 fully saturated rings. The molecule has 0 spiro atoms. The van der Waals surface area contributed by atoms with E-state index in [-0.39, 0.29) is 17.9 Å². The predicted octanol–water partition coefficient (Wildman–Crippen LogP) is 3.59. The molecule has 3 amide bonds. The van der Waals surface area contributed by atoms with Crippen LogP contribution in [0.15, 0.2) is 24.3 Å². The summed E-state index contributed by atoms with van der Waals surface area (Å²) in [5, 5.41) is 12.8. The Labute approximate surface area is 161 Å². The molecule has 2 heterocycles. The van der Waals surface area contributed by atoms with Gasteiger partial charge in [-0.25, -0.2) is 4.79 Å². The zero-order chi connectivity index (χ0) is 18.7. The van der Waals surface area contributed by atoms with E-state index in [1.807, 2.05) is 26.0 Å². The predicted molar refractivity (Wildman–Crippen MR) is 103 cm³/mol. The summed E-state index contributed by atoms with van der Waals surface area (Å²) in [6.45, 7) is 5.63. The van der Waals surface area contributed by atoms with Crippen LogP contribution in [0.3, 0.4) is 0 Å². The highest BCUT2D eigenvalue weighted by Crippen LogP contribution is 2.34. The van der Waals surface area contributed by atoms with Gasteiger partial charge < -0.3 is 9.80 Å². The Balaban J connectivity index is 1.67. The lowest BCUT2D eigenvalue weighted by Gasteiger charge is -2.17. The Morgan fingerprint density at radius 3 is 2.65 bits per heavy atom. The van der Waals surface area contributed by atoms with Crippen molar-refractivity contribution in [2.45, 2.75) is 26.2 Å². The summed E-state index contributed by atoms with van der Waals surface area (Å²) in [5.41, 5.74) is 0.821. The lowest BCUT2D eigenvalue weighted by atomic mass is 10.1. The summed E-state index contributed by atoms with van der Waals surface area (Å²) in [7, 11) is 0. The molecule has 0 radical (unpaired) electrons. The number of hydrogen-bond acceptors (Lipinski definition) is 5. The van der Waals surface area contributed by atoms with Gasteiger partial charge in [-0.2, -0.15) is 0 Å². The molecule has 1 atom stereocenters. The van der Waals surface area contributed by atoms with Crippen LogP contribution in [0.2, 0.25) is 5.02 Å². The third-order valence-electron chi connectivity index (χ3n) is 4.32. The van der Waals surface area contributed by atoms with Crippen molar-refractivity contribution in [1.82, 2.24) is 15.1 Å². The highest BCUT2D eigenvalue weighted by atomic mass is 35.5. The Kier molecular flexibility index (Phi) is 5.73. The van der Waals surface area contributed by atoms with E-state index >= 15 is 0 Å². The molecular formula is C17H20ClN5O2S. The summed E-state index contributed by atoms with van der Waals surface area (Å²) >= 11 is 7.23. The van der Waals surface area contributed by atoms with Crippen molar-refractivity contribution in [3.8, 4) is 0 Å². The topological polar surface area (TPSA) is 78.4 Å². The van der Waals surface area contributed by atoms with Crippen LogP contribution in [0.1, 0.15) is 31.2 Å². The van der Waals surface area contributed by atoms with Crippen molar-refractivity contribution >= 4 is 45.7 Å². The molecule has 1 N–H and O–H groups in total. The van der Waals surface area contributed by atoms with Gasteiger partial charge in [0.25, 0.3) is 0 Å². The van der Waals surface area contributed by atoms with Crippen molar-refractivity contribution < 1.29 is 9.59 Å². The maximum atomic E-state index is 12.4. The minimum Gasteiger partial charge on any atom is -0.325 e.